The number of carbonyl (C=O) groups excluding carboxylic acids is 1. The van der Waals surface area contributed by atoms with Crippen molar-refractivity contribution in [2.24, 2.45) is 0 Å². The minimum atomic E-state index is -3.47. The van der Waals surface area contributed by atoms with Gasteiger partial charge in [0.2, 0.25) is 15.9 Å². The molecule has 29 heavy (non-hydrogen) atoms. The van der Waals surface area contributed by atoms with Crippen LogP contribution in [-0.2, 0) is 21.2 Å². The van der Waals surface area contributed by atoms with Gasteiger partial charge in [0.05, 0.1) is 4.90 Å². The van der Waals surface area contributed by atoms with Crippen molar-refractivity contribution in [3.63, 3.8) is 0 Å². The van der Waals surface area contributed by atoms with Crippen LogP contribution in [0.15, 0.2) is 84.0 Å². The lowest BCUT2D eigenvalue weighted by Crippen LogP contribution is -2.18. The Kier molecular flexibility index (Phi) is 6.54. The first-order valence-electron chi connectivity index (χ1n) is 8.97. The SMILES string of the molecule is CNS(=O)(=O)c1ccc(/C=C/C(=O)Nc2ccc(Cc3ccncc3)cc2)cc1. The number of anilines is 1. The highest BCUT2D eigenvalue weighted by Gasteiger charge is 2.09. The number of nitrogens with zero attached hydrogens (tertiary/aromatic N) is 1. The van der Waals surface area contributed by atoms with Crippen LogP contribution in [0.1, 0.15) is 16.7 Å². The first kappa shape index (κ1) is 20.4. The lowest BCUT2D eigenvalue weighted by atomic mass is 10.1. The van der Waals surface area contributed by atoms with E-state index in [4.69, 9.17) is 0 Å². The number of aromatic nitrogens is 1. The van der Waals surface area contributed by atoms with Gasteiger partial charge in [-0.05, 0) is 72.6 Å². The quantitative estimate of drug-likeness (QED) is 0.589. The lowest BCUT2D eigenvalue weighted by molar-refractivity contribution is -0.111. The fourth-order valence-electron chi connectivity index (χ4n) is 2.67. The van der Waals surface area contributed by atoms with Crippen LogP contribution in [0.3, 0.4) is 0 Å². The second kappa shape index (κ2) is 9.27. The number of carbonyl (C=O) groups is 1. The number of nitrogens with one attached hydrogen (secondary N) is 2. The van der Waals surface area contributed by atoms with Crippen LogP contribution in [0.5, 0.6) is 0 Å². The van der Waals surface area contributed by atoms with E-state index in [1.807, 2.05) is 36.4 Å². The predicted molar refractivity (Wildman–Crippen MR) is 114 cm³/mol. The number of hydrogen-bond donors (Lipinski definition) is 2. The summed E-state index contributed by atoms with van der Waals surface area (Å²) < 4.78 is 25.7. The molecule has 1 heterocycles. The summed E-state index contributed by atoms with van der Waals surface area (Å²) in [6, 6.07) is 17.9. The summed E-state index contributed by atoms with van der Waals surface area (Å²) in [4.78, 5) is 16.3. The lowest BCUT2D eigenvalue weighted by Gasteiger charge is -2.05. The van der Waals surface area contributed by atoms with Crippen LogP contribution in [0.4, 0.5) is 5.69 Å². The van der Waals surface area contributed by atoms with Crippen molar-refractivity contribution in [1.82, 2.24) is 9.71 Å². The van der Waals surface area contributed by atoms with E-state index in [-0.39, 0.29) is 10.8 Å². The average Bonchev–Trinajstić information content (AvgIpc) is 2.75. The van der Waals surface area contributed by atoms with Gasteiger partial charge in [0.25, 0.3) is 0 Å². The zero-order valence-corrected chi connectivity index (χ0v) is 16.7. The molecule has 7 heteroatoms. The summed E-state index contributed by atoms with van der Waals surface area (Å²) in [5, 5.41) is 2.81. The molecule has 0 spiro atoms. The van der Waals surface area contributed by atoms with Gasteiger partial charge in [-0.15, -0.1) is 0 Å². The molecule has 2 aromatic carbocycles. The fraction of sp³-hybridized carbons (Fsp3) is 0.0909. The Bertz CT molecular complexity index is 1090. The maximum Gasteiger partial charge on any atom is 0.248 e. The third-order valence-electron chi connectivity index (χ3n) is 4.27. The second-order valence-corrected chi connectivity index (χ2v) is 8.21. The minimum Gasteiger partial charge on any atom is -0.323 e. The first-order valence-corrected chi connectivity index (χ1v) is 10.4. The van der Waals surface area contributed by atoms with E-state index in [1.165, 1.54) is 30.8 Å². The maximum atomic E-state index is 12.1. The highest BCUT2D eigenvalue weighted by Crippen LogP contribution is 2.14. The Morgan fingerprint density at radius 3 is 2.17 bits per heavy atom. The Morgan fingerprint density at radius 1 is 0.931 bits per heavy atom. The molecule has 2 N–H and O–H groups in total. The van der Waals surface area contributed by atoms with Crippen LogP contribution in [0.25, 0.3) is 6.08 Å². The molecule has 1 aromatic heterocycles. The van der Waals surface area contributed by atoms with Crippen molar-refractivity contribution < 1.29 is 13.2 Å². The topological polar surface area (TPSA) is 88.2 Å². The molecule has 0 aliphatic heterocycles. The van der Waals surface area contributed by atoms with Gasteiger partial charge in [-0.3, -0.25) is 9.78 Å². The van der Waals surface area contributed by atoms with Crippen molar-refractivity contribution in [3.05, 3.63) is 95.8 Å². The van der Waals surface area contributed by atoms with E-state index in [2.05, 4.69) is 15.0 Å². The Labute approximate surface area is 170 Å². The molecule has 0 saturated heterocycles. The summed E-state index contributed by atoms with van der Waals surface area (Å²) in [6.07, 6.45) is 7.37. The molecule has 0 unspecified atom stereocenters. The first-order chi connectivity index (χ1) is 14.0. The van der Waals surface area contributed by atoms with Crippen molar-refractivity contribution in [2.45, 2.75) is 11.3 Å². The number of hydrogen-bond acceptors (Lipinski definition) is 4. The van der Waals surface area contributed by atoms with Crippen molar-refractivity contribution >= 4 is 27.7 Å². The van der Waals surface area contributed by atoms with Gasteiger partial charge in [-0.25, -0.2) is 13.1 Å². The molecule has 0 saturated carbocycles. The normalized spacial score (nSPS) is 11.5. The number of rotatable bonds is 7. The minimum absolute atomic E-state index is 0.174. The van der Waals surface area contributed by atoms with Crippen molar-refractivity contribution in [1.29, 1.82) is 0 Å². The van der Waals surface area contributed by atoms with Crippen LogP contribution in [0, 0.1) is 0 Å². The number of sulfonamides is 1. The molecule has 0 atom stereocenters. The monoisotopic (exact) mass is 407 g/mol. The fourth-order valence-corrected chi connectivity index (χ4v) is 3.40. The van der Waals surface area contributed by atoms with Gasteiger partial charge >= 0.3 is 0 Å². The van der Waals surface area contributed by atoms with E-state index >= 15 is 0 Å². The third-order valence-corrected chi connectivity index (χ3v) is 5.70. The van der Waals surface area contributed by atoms with Crippen LogP contribution >= 0.6 is 0 Å². The van der Waals surface area contributed by atoms with Crippen LogP contribution in [0.2, 0.25) is 0 Å². The molecule has 0 bridgehead atoms. The van der Waals surface area contributed by atoms with Gasteiger partial charge in [0.1, 0.15) is 0 Å². The Morgan fingerprint density at radius 2 is 1.55 bits per heavy atom. The highest BCUT2D eigenvalue weighted by molar-refractivity contribution is 7.89. The van der Waals surface area contributed by atoms with Gasteiger partial charge in [0, 0.05) is 24.2 Å². The Balaban J connectivity index is 1.57. The molecule has 0 aliphatic carbocycles. The molecular formula is C22H21N3O3S. The molecule has 3 aromatic rings. The van der Waals surface area contributed by atoms with E-state index in [0.717, 1.165) is 17.5 Å². The molecule has 148 valence electrons. The zero-order valence-electron chi connectivity index (χ0n) is 15.9. The van der Waals surface area contributed by atoms with Gasteiger partial charge in [0.15, 0.2) is 0 Å². The molecule has 6 nitrogen and oxygen atoms in total. The van der Waals surface area contributed by atoms with E-state index in [9.17, 15) is 13.2 Å². The van der Waals surface area contributed by atoms with E-state index < -0.39 is 10.0 Å². The van der Waals surface area contributed by atoms with E-state index in [1.54, 1.807) is 30.6 Å². The second-order valence-electron chi connectivity index (χ2n) is 6.33. The van der Waals surface area contributed by atoms with Crippen molar-refractivity contribution in [2.75, 3.05) is 12.4 Å². The molecule has 0 fully saturated rings. The predicted octanol–water partition coefficient (Wildman–Crippen LogP) is 3.23. The smallest absolute Gasteiger partial charge is 0.248 e. The molecule has 3 rings (SSSR count). The van der Waals surface area contributed by atoms with E-state index in [0.29, 0.717) is 5.69 Å². The summed E-state index contributed by atoms with van der Waals surface area (Å²) in [7, 11) is -2.11. The van der Waals surface area contributed by atoms with Crippen molar-refractivity contribution in [3.8, 4) is 0 Å². The van der Waals surface area contributed by atoms with Gasteiger partial charge in [-0.2, -0.15) is 0 Å². The average molecular weight is 407 g/mol. The zero-order chi connectivity index (χ0) is 20.7. The van der Waals surface area contributed by atoms with Crippen LogP contribution in [-0.4, -0.2) is 26.4 Å². The van der Waals surface area contributed by atoms with Gasteiger partial charge in [-0.1, -0.05) is 24.3 Å². The summed E-state index contributed by atoms with van der Waals surface area (Å²) in [6.45, 7) is 0. The molecule has 0 radical (unpaired) electrons. The molecule has 1 amide bonds. The highest BCUT2D eigenvalue weighted by atomic mass is 32.2. The number of amides is 1. The Hall–Kier alpha value is -3.29. The summed E-state index contributed by atoms with van der Waals surface area (Å²) >= 11 is 0. The number of benzene rings is 2. The number of pyridine rings is 1. The largest absolute Gasteiger partial charge is 0.323 e. The van der Waals surface area contributed by atoms with Crippen LogP contribution < -0.4 is 10.0 Å². The standard InChI is InChI=1S/C22H21N3O3S/c1-23-29(27,28)21-9-4-17(5-10-21)6-11-22(26)25-20-7-2-18(3-8-20)16-19-12-14-24-15-13-19/h2-15,23H,16H2,1H3,(H,25,26)/b11-6+. The molecular weight excluding hydrogens is 386 g/mol. The van der Waals surface area contributed by atoms with Gasteiger partial charge < -0.3 is 5.32 Å². The maximum absolute atomic E-state index is 12.1. The summed E-state index contributed by atoms with van der Waals surface area (Å²) in [5.41, 5.74) is 3.74. The molecule has 0 aliphatic rings. The third kappa shape index (κ3) is 5.84. The summed E-state index contributed by atoms with van der Waals surface area (Å²) in [5.74, 6) is -0.265.